The van der Waals surface area contributed by atoms with E-state index in [9.17, 15) is 4.79 Å². The summed E-state index contributed by atoms with van der Waals surface area (Å²) in [5.41, 5.74) is 5.76. The maximum absolute atomic E-state index is 12.1. The second kappa shape index (κ2) is 7.39. The zero-order chi connectivity index (χ0) is 16.9. The van der Waals surface area contributed by atoms with E-state index in [2.05, 4.69) is 11.1 Å². The normalized spacial score (nSPS) is 15.7. The van der Waals surface area contributed by atoms with Crippen LogP contribution in [-0.4, -0.2) is 22.5 Å². The zero-order valence-corrected chi connectivity index (χ0v) is 14.2. The van der Waals surface area contributed by atoms with E-state index in [0.717, 1.165) is 48.2 Å². The Labute approximate surface area is 142 Å². The number of pyridine rings is 2. The number of hydrogen-bond donors (Lipinski definition) is 0. The first-order valence-corrected chi connectivity index (χ1v) is 8.47. The van der Waals surface area contributed by atoms with E-state index < -0.39 is 0 Å². The van der Waals surface area contributed by atoms with E-state index in [-0.39, 0.29) is 5.97 Å². The van der Waals surface area contributed by atoms with Crippen LogP contribution >= 0.6 is 0 Å². The van der Waals surface area contributed by atoms with Crippen LogP contribution < -0.4 is 0 Å². The van der Waals surface area contributed by atoms with Crippen molar-refractivity contribution in [3.63, 3.8) is 0 Å². The lowest BCUT2D eigenvalue weighted by atomic mass is 9.99. The number of rotatable bonds is 3. The minimum Gasteiger partial charge on any atom is -0.462 e. The largest absolute Gasteiger partial charge is 0.462 e. The zero-order valence-electron chi connectivity index (χ0n) is 14.2. The summed E-state index contributed by atoms with van der Waals surface area (Å²) >= 11 is 0. The highest BCUT2D eigenvalue weighted by atomic mass is 16.5. The van der Waals surface area contributed by atoms with Crippen LogP contribution in [0.4, 0.5) is 0 Å². The molecular weight excluding hydrogens is 300 g/mol. The minimum absolute atomic E-state index is 0.285. The Morgan fingerprint density at radius 1 is 1.33 bits per heavy atom. The molecule has 0 spiro atoms. The first-order chi connectivity index (χ1) is 11.7. The number of aromatic nitrogens is 2. The van der Waals surface area contributed by atoms with Gasteiger partial charge >= 0.3 is 5.97 Å². The molecular formula is C20H22N2O2. The molecule has 0 N–H and O–H groups in total. The number of esters is 1. The quantitative estimate of drug-likeness (QED) is 0.627. The summed E-state index contributed by atoms with van der Waals surface area (Å²) in [6.45, 7) is 4.07. The highest BCUT2D eigenvalue weighted by molar-refractivity contribution is 5.92. The van der Waals surface area contributed by atoms with Crippen LogP contribution in [-0.2, 0) is 11.2 Å². The van der Waals surface area contributed by atoms with Crippen LogP contribution in [0.25, 0.3) is 11.6 Å². The van der Waals surface area contributed by atoms with Gasteiger partial charge in [0.25, 0.3) is 0 Å². The fourth-order valence-corrected chi connectivity index (χ4v) is 3.08. The molecule has 0 saturated heterocycles. The first kappa shape index (κ1) is 16.4. The van der Waals surface area contributed by atoms with E-state index >= 15 is 0 Å². The van der Waals surface area contributed by atoms with Crippen molar-refractivity contribution in [1.82, 2.24) is 9.97 Å². The predicted octanol–water partition coefficient (Wildman–Crippen LogP) is 4.23. The summed E-state index contributed by atoms with van der Waals surface area (Å²) in [7, 11) is 0. The summed E-state index contributed by atoms with van der Waals surface area (Å²) in [4.78, 5) is 21.1. The van der Waals surface area contributed by atoms with Crippen molar-refractivity contribution < 1.29 is 9.53 Å². The fourth-order valence-electron chi connectivity index (χ4n) is 3.08. The Bertz CT molecular complexity index is 767. The van der Waals surface area contributed by atoms with E-state index in [0.29, 0.717) is 12.2 Å². The average molecular weight is 322 g/mol. The molecule has 24 heavy (non-hydrogen) atoms. The molecule has 4 nitrogen and oxygen atoms in total. The molecule has 4 heteroatoms. The number of allylic oxidation sites excluding steroid dienone is 1. The molecule has 0 atom stereocenters. The standard InChI is InChI=1S/C20H22N2O2/c1-3-24-20(23)18-12-17-9-5-4-8-16(19(17)22-14(18)2)11-15-7-6-10-21-13-15/h6-7,10-13H,3-5,8-9H2,1-2H3/b16-11-. The van der Waals surface area contributed by atoms with Gasteiger partial charge in [-0.1, -0.05) is 6.07 Å². The van der Waals surface area contributed by atoms with Crippen LogP contribution in [0.15, 0.2) is 30.6 Å². The van der Waals surface area contributed by atoms with Crippen molar-refractivity contribution in [1.29, 1.82) is 0 Å². The van der Waals surface area contributed by atoms with Gasteiger partial charge in [-0.15, -0.1) is 0 Å². The molecule has 0 unspecified atom stereocenters. The molecule has 2 aromatic rings. The van der Waals surface area contributed by atoms with Gasteiger partial charge in [-0.25, -0.2) is 4.79 Å². The molecule has 1 aliphatic carbocycles. The molecule has 0 aromatic carbocycles. The van der Waals surface area contributed by atoms with Crippen molar-refractivity contribution >= 4 is 17.6 Å². The molecule has 0 amide bonds. The first-order valence-electron chi connectivity index (χ1n) is 8.47. The van der Waals surface area contributed by atoms with Crippen molar-refractivity contribution in [3.05, 3.63) is 58.7 Å². The highest BCUT2D eigenvalue weighted by Gasteiger charge is 2.19. The summed E-state index contributed by atoms with van der Waals surface area (Å²) in [5.74, 6) is -0.285. The third-order valence-electron chi connectivity index (χ3n) is 4.26. The van der Waals surface area contributed by atoms with E-state index in [4.69, 9.17) is 9.72 Å². The van der Waals surface area contributed by atoms with Gasteiger partial charge in [0.15, 0.2) is 0 Å². The van der Waals surface area contributed by atoms with Gasteiger partial charge < -0.3 is 4.74 Å². The van der Waals surface area contributed by atoms with Gasteiger partial charge in [-0.3, -0.25) is 9.97 Å². The van der Waals surface area contributed by atoms with Crippen LogP contribution in [0.5, 0.6) is 0 Å². The Hall–Kier alpha value is -2.49. The second-order valence-electron chi connectivity index (χ2n) is 6.01. The van der Waals surface area contributed by atoms with E-state index in [1.807, 2.05) is 38.2 Å². The molecule has 3 rings (SSSR count). The SMILES string of the molecule is CCOC(=O)c1cc2c(nc1C)/C(=C\c1cccnc1)CCCC2. The van der Waals surface area contributed by atoms with Crippen molar-refractivity contribution in [2.24, 2.45) is 0 Å². The summed E-state index contributed by atoms with van der Waals surface area (Å²) in [5, 5.41) is 0. The predicted molar refractivity (Wildman–Crippen MR) is 94.6 cm³/mol. The Morgan fingerprint density at radius 2 is 2.17 bits per heavy atom. The molecule has 0 bridgehead atoms. The Kier molecular flexibility index (Phi) is 5.04. The number of ether oxygens (including phenoxy) is 1. The minimum atomic E-state index is -0.285. The monoisotopic (exact) mass is 322 g/mol. The Balaban J connectivity index is 2.05. The number of carbonyl (C=O) groups is 1. The number of nitrogens with zero attached hydrogens (tertiary/aromatic N) is 2. The lowest BCUT2D eigenvalue weighted by Gasteiger charge is -2.13. The third-order valence-corrected chi connectivity index (χ3v) is 4.26. The molecule has 0 fully saturated rings. The molecule has 0 radical (unpaired) electrons. The van der Waals surface area contributed by atoms with Crippen LogP contribution in [0.1, 0.15) is 59.1 Å². The fraction of sp³-hybridized carbons (Fsp3) is 0.350. The molecule has 0 saturated carbocycles. The maximum atomic E-state index is 12.1. The smallest absolute Gasteiger partial charge is 0.339 e. The summed E-state index contributed by atoms with van der Waals surface area (Å²) in [6, 6.07) is 5.95. The van der Waals surface area contributed by atoms with Gasteiger partial charge in [0.2, 0.25) is 0 Å². The summed E-state index contributed by atoms with van der Waals surface area (Å²) < 4.78 is 5.15. The van der Waals surface area contributed by atoms with Crippen molar-refractivity contribution in [2.75, 3.05) is 6.61 Å². The second-order valence-corrected chi connectivity index (χ2v) is 6.01. The number of carbonyl (C=O) groups excluding carboxylic acids is 1. The summed E-state index contributed by atoms with van der Waals surface area (Å²) in [6.07, 6.45) is 9.95. The average Bonchev–Trinajstić information content (AvgIpc) is 2.77. The van der Waals surface area contributed by atoms with Crippen molar-refractivity contribution in [2.45, 2.75) is 39.5 Å². The van der Waals surface area contributed by atoms with Gasteiger partial charge in [0, 0.05) is 12.4 Å². The maximum Gasteiger partial charge on any atom is 0.339 e. The molecule has 0 aliphatic heterocycles. The lowest BCUT2D eigenvalue weighted by Crippen LogP contribution is -2.10. The van der Waals surface area contributed by atoms with Gasteiger partial charge in [-0.05, 0) is 74.4 Å². The van der Waals surface area contributed by atoms with Crippen LogP contribution in [0.2, 0.25) is 0 Å². The van der Waals surface area contributed by atoms with Gasteiger partial charge in [0.1, 0.15) is 0 Å². The van der Waals surface area contributed by atoms with E-state index in [1.165, 1.54) is 5.57 Å². The van der Waals surface area contributed by atoms with E-state index in [1.54, 1.807) is 6.20 Å². The molecule has 2 heterocycles. The van der Waals surface area contributed by atoms with Gasteiger partial charge in [0.05, 0.1) is 23.6 Å². The lowest BCUT2D eigenvalue weighted by molar-refractivity contribution is 0.0525. The number of fused-ring (bicyclic) bond motifs is 1. The van der Waals surface area contributed by atoms with Gasteiger partial charge in [-0.2, -0.15) is 0 Å². The Morgan fingerprint density at radius 3 is 2.92 bits per heavy atom. The van der Waals surface area contributed by atoms with Crippen LogP contribution in [0.3, 0.4) is 0 Å². The van der Waals surface area contributed by atoms with Crippen molar-refractivity contribution in [3.8, 4) is 0 Å². The molecule has 124 valence electrons. The highest BCUT2D eigenvalue weighted by Crippen LogP contribution is 2.31. The van der Waals surface area contributed by atoms with Crippen LogP contribution in [0, 0.1) is 6.92 Å². The molecule has 1 aliphatic rings. The number of hydrogen-bond acceptors (Lipinski definition) is 4. The number of aryl methyl sites for hydroxylation is 2. The topological polar surface area (TPSA) is 52.1 Å². The molecule has 2 aromatic heterocycles. The third kappa shape index (κ3) is 3.53.